The smallest absolute Gasteiger partial charge is 0.225 e. The average Bonchev–Trinajstić information content (AvgIpc) is 1.62. The number of likely N-dealkylation sites (tertiary alicyclic amines) is 3. The van der Waals surface area contributed by atoms with E-state index in [0.29, 0.717) is 125 Å². The van der Waals surface area contributed by atoms with Gasteiger partial charge in [-0.05, 0) is 67.8 Å². The monoisotopic (exact) mass is 1630 g/mol. The maximum atomic E-state index is 11.4. The highest BCUT2D eigenvalue weighted by Gasteiger charge is 2.40. The minimum Gasteiger partial charge on any atom is -0.461 e. The molecule has 2 spiro atoms. The molecule has 0 saturated carbocycles. The Hall–Kier alpha value is -12.7. The number of ether oxygens (including phenoxy) is 4. The van der Waals surface area contributed by atoms with E-state index in [2.05, 4.69) is 123 Å². The Morgan fingerprint density at radius 2 is 0.723 bits per heavy atom. The predicted molar refractivity (Wildman–Crippen MR) is 433 cm³/mol. The molecule has 0 unspecified atom stereocenters. The summed E-state index contributed by atoms with van der Waals surface area (Å²) in [6.07, 6.45) is 21.5. The first kappa shape index (κ1) is 78.8. The molecule has 6 aliphatic heterocycles. The van der Waals surface area contributed by atoms with Crippen LogP contribution < -0.4 is 34.1 Å². The largest absolute Gasteiger partial charge is 0.461 e. The number of rotatable bonds is 15. The summed E-state index contributed by atoms with van der Waals surface area (Å²) in [7, 11) is 3.28. The summed E-state index contributed by atoms with van der Waals surface area (Å²) in [6, 6.07) is 14.4. The summed E-state index contributed by atoms with van der Waals surface area (Å²) in [5.74, 6) is 9.40. The summed E-state index contributed by atoms with van der Waals surface area (Å²) in [4.78, 5) is 62.7. The predicted octanol–water partition coefficient (Wildman–Crippen LogP) is 4.96. The topological polar surface area (TPSA) is 524 Å². The molecule has 622 valence electrons. The van der Waals surface area contributed by atoms with Crippen LogP contribution in [0.4, 0.5) is 23.8 Å². The van der Waals surface area contributed by atoms with Gasteiger partial charge in [-0.1, -0.05) is 6.92 Å². The molecule has 6 saturated heterocycles. The maximum absolute atomic E-state index is 11.4. The first-order chi connectivity index (χ1) is 58.2. The molecule has 0 aliphatic carbocycles. The number of nitrogens with zero attached hydrogens (tertiary/aromatic N) is 28. The second-order valence-corrected chi connectivity index (χ2v) is 28.9. The van der Waals surface area contributed by atoms with Crippen LogP contribution in [-0.4, -0.2) is 268 Å². The number of Topliss-reactive ketones (excluding diaryl/α,β-unsaturated/α-hetero) is 1. The zero-order chi connectivity index (χ0) is 81.6. The number of hydrogen-bond donors (Lipinski definition) is 6. The summed E-state index contributed by atoms with van der Waals surface area (Å²) in [5, 5.41) is 41.9. The SMILES string of the molecule is C1CC2(CCN1)OCCO2.CCCn1ncc2c1nc(N)n1nc(-c3ccco3)nc21.CN=C1CCN(CCn2ncc3c2nc(N)n2nc(-c4ccco4)nc32)CC1.CON.Nc1nc2c(cnn2CCN2CCC(=O)CC2)c2nc(-c3ccco3)nn12.Nc1nc2c(cnn2CCN2CCC3(CC2)OCCO3)c2nc(-c3ccco3)nn12. The molecule has 0 amide bonds. The van der Waals surface area contributed by atoms with Crippen LogP contribution in [0.2, 0.25) is 0 Å². The number of nitrogen functional groups attached to an aromatic ring is 4. The van der Waals surface area contributed by atoms with E-state index >= 15 is 0 Å². The molecule has 44 nitrogen and oxygen atoms in total. The average molecular weight is 1630 g/mol. The molecule has 11 N–H and O–H groups in total. The van der Waals surface area contributed by atoms with Gasteiger partial charge in [-0.25, -0.2) is 44.6 Å². The van der Waals surface area contributed by atoms with Gasteiger partial charge in [-0.3, -0.25) is 9.79 Å². The molecule has 6 aliphatic rings. The zero-order valence-electron chi connectivity index (χ0n) is 66.0. The Morgan fingerprint density at radius 1 is 0.420 bits per heavy atom. The van der Waals surface area contributed by atoms with Crippen LogP contribution in [0.15, 0.2) is 121 Å². The first-order valence-electron chi connectivity index (χ1n) is 39.5. The molecular weight excluding hydrogens is 1540 g/mol. The highest BCUT2D eigenvalue weighted by atomic mass is 16.7. The third-order valence-corrected chi connectivity index (χ3v) is 21.4. The summed E-state index contributed by atoms with van der Waals surface area (Å²) in [6.45, 7) is 18.1. The van der Waals surface area contributed by atoms with Crippen LogP contribution >= 0.6 is 0 Å². The van der Waals surface area contributed by atoms with Gasteiger partial charge in [-0.15, -0.1) is 20.4 Å². The lowest BCUT2D eigenvalue weighted by molar-refractivity contribution is -0.185. The molecule has 0 aromatic carbocycles. The summed E-state index contributed by atoms with van der Waals surface area (Å²) < 4.78 is 57.6. The Kier molecular flexibility index (Phi) is 23.1. The van der Waals surface area contributed by atoms with Gasteiger partial charge in [0.2, 0.25) is 47.1 Å². The number of fused-ring (bicyclic) bond motifs is 12. The molecular formula is C75H92N34O10. The number of furan rings is 4. The molecule has 22 rings (SSSR count). The number of aliphatic imine (C=N–C) groups is 1. The van der Waals surface area contributed by atoms with E-state index in [1.54, 1.807) is 86.2 Å². The number of anilines is 4. The van der Waals surface area contributed by atoms with Crippen LogP contribution in [0.1, 0.15) is 64.7 Å². The number of hydrogen-bond acceptors (Lipinski definition) is 36. The zero-order valence-corrected chi connectivity index (χ0v) is 66.0. The standard InChI is InChI=1S/C19H22N8O3.C18H21N9O.C17H18N8O2.C13H13N7O.C7H13NO2.CH5NO/c20-18-23-16-13(17-22-15(24-27(17)18)14-2-1-9-28-14)12-21-26(16)8-7-25-5-3-19(4-6-25)29-10-11-30-19;1-20-12-4-6-25(7-5-12)8-9-26-16-13(11-21-26)17-22-15(14-3-2-10-28-14)24-27(17)18(19)23-16;18-17-21-15-12(16-20-14(22-25(16)17)13-2-1-9-27-13)10-19-24(15)8-7-23-5-3-11(26)4-6-23;1-2-5-19-11-8(7-15-19)12-16-10(9-4-3-6-21-9)18-20(12)13(14)17-11;1-3-8-4-2-7(1)9-5-6-10-7;1-3-2/h1-2,9,12H,3-8,10-11H2,(H2,20,23);2-3,10-11H,4-9H2,1H3,(H2,19,23);1-2,9-10H,3-8H2,(H2,18,21);3-4,6-7H,2,5H2,1H3,(H2,14,17);8H,1-6H2;2H2,1H3. The van der Waals surface area contributed by atoms with Crippen molar-refractivity contribution in [2.75, 3.05) is 136 Å². The summed E-state index contributed by atoms with van der Waals surface area (Å²) >= 11 is 0. The molecule has 16 aromatic heterocycles. The third-order valence-electron chi connectivity index (χ3n) is 21.4. The molecule has 6 fully saturated rings. The van der Waals surface area contributed by atoms with Gasteiger partial charge in [0.1, 0.15) is 5.78 Å². The minimum atomic E-state index is -0.351. The second kappa shape index (κ2) is 34.9. The Bertz CT molecular complexity index is 6100. The van der Waals surface area contributed by atoms with E-state index in [1.165, 1.54) is 30.9 Å². The molecule has 0 atom stereocenters. The summed E-state index contributed by atoms with van der Waals surface area (Å²) in [5.41, 5.74) is 31.0. The van der Waals surface area contributed by atoms with Crippen LogP contribution in [0.3, 0.4) is 0 Å². The number of carbonyl (C=O) groups is 1. The third kappa shape index (κ3) is 16.7. The molecule has 0 radical (unpaired) electrons. The lowest BCUT2D eigenvalue weighted by atomic mass is 10.0. The van der Waals surface area contributed by atoms with E-state index in [9.17, 15) is 4.79 Å². The molecule has 16 aromatic rings. The molecule has 44 heteroatoms. The van der Waals surface area contributed by atoms with Crippen molar-refractivity contribution in [2.45, 2.75) is 102 Å². The fourth-order valence-corrected chi connectivity index (χ4v) is 15.2. The van der Waals surface area contributed by atoms with Gasteiger partial charge < -0.3 is 84.4 Å². The Labute approximate surface area is 676 Å². The fourth-order valence-electron chi connectivity index (χ4n) is 15.2. The van der Waals surface area contributed by atoms with E-state index in [4.69, 9.17) is 59.6 Å². The minimum absolute atomic E-state index is 0.189. The quantitative estimate of drug-likeness (QED) is 0.0738. The van der Waals surface area contributed by atoms with Crippen molar-refractivity contribution >= 4 is 102 Å². The van der Waals surface area contributed by atoms with Gasteiger partial charge in [0.25, 0.3) is 0 Å². The Morgan fingerprint density at radius 3 is 1.03 bits per heavy atom. The van der Waals surface area contributed by atoms with Crippen molar-refractivity contribution in [1.29, 1.82) is 0 Å². The lowest BCUT2D eigenvalue weighted by Crippen LogP contribution is -2.45. The van der Waals surface area contributed by atoms with Crippen molar-refractivity contribution in [3.8, 4) is 46.3 Å². The Balaban J connectivity index is 0.000000108. The highest BCUT2D eigenvalue weighted by Crippen LogP contribution is 2.34. The van der Waals surface area contributed by atoms with E-state index in [-0.39, 0.29) is 35.4 Å². The van der Waals surface area contributed by atoms with E-state index in [1.807, 2.05) is 37.9 Å². The highest BCUT2D eigenvalue weighted by molar-refractivity contribution is 5.93. The van der Waals surface area contributed by atoms with Crippen molar-refractivity contribution in [3.63, 3.8) is 0 Å². The van der Waals surface area contributed by atoms with Gasteiger partial charge in [-0.2, -0.15) is 58.4 Å². The normalized spacial score (nSPS) is 17.0. The number of carbonyl (C=O) groups excluding carboxylic acids is 1. The number of piperidine rings is 4. The van der Waals surface area contributed by atoms with Crippen molar-refractivity contribution in [2.24, 2.45) is 10.9 Å². The van der Waals surface area contributed by atoms with Crippen molar-refractivity contribution in [1.82, 2.24) is 137 Å². The lowest BCUT2D eigenvalue weighted by Gasteiger charge is -2.37. The van der Waals surface area contributed by atoms with Gasteiger partial charge in [0.05, 0.1) is 125 Å². The second-order valence-electron chi connectivity index (χ2n) is 28.9. The number of aromatic nitrogens is 24. The van der Waals surface area contributed by atoms with Gasteiger partial charge in [0, 0.05) is 130 Å². The number of aryl methyl sites for hydroxylation is 1. The van der Waals surface area contributed by atoms with Crippen molar-refractivity contribution < 1.29 is 46.2 Å². The van der Waals surface area contributed by atoms with Crippen LogP contribution in [0, 0.1) is 0 Å². The van der Waals surface area contributed by atoms with Crippen LogP contribution in [0.25, 0.3) is 113 Å². The number of ketones is 1. The van der Waals surface area contributed by atoms with Crippen molar-refractivity contribution in [3.05, 3.63) is 98.4 Å². The van der Waals surface area contributed by atoms with E-state index < -0.39 is 0 Å². The molecule has 119 heavy (non-hydrogen) atoms. The molecule has 0 bridgehead atoms. The van der Waals surface area contributed by atoms with E-state index in [0.717, 1.165) is 176 Å². The maximum Gasteiger partial charge on any atom is 0.225 e. The number of nitrogens with one attached hydrogen (secondary N) is 1. The number of nitrogens with two attached hydrogens (primary N) is 5. The fraction of sp³-hybridized carbons (Fsp3) is 0.440. The van der Waals surface area contributed by atoms with Gasteiger partial charge in [0.15, 0.2) is 79.8 Å². The van der Waals surface area contributed by atoms with Crippen LogP contribution in [-0.2, 0) is 54.8 Å². The van der Waals surface area contributed by atoms with Gasteiger partial charge >= 0.3 is 0 Å². The van der Waals surface area contributed by atoms with Crippen LogP contribution in [0.5, 0.6) is 0 Å². The first-order valence-corrected chi connectivity index (χ1v) is 39.5. The molecule has 22 heterocycles.